The molecule has 0 spiro atoms. The number of morpholine rings is 1. The van der Waals surface area contributed by atoms with E-state index in [1.165, 1.54) is 16.9 Å². The highest BCUT2D eigenvalue weighted by atomic mass is 32.2. The van der Waals surface area contributed by atoms with Crippen molar-refractivity contribution in [1.82, 2.24) is 9.88 Å². The Balaban J connectivity index is 1.45. The summed E-state index contributed by atoms with van der Waals surface area (Å²) in [4.78, 5) is 22.7. The summed E-state index contributed by atoms with van der Waals surface area (Å²) in [6.45, 7) is 10.8. The van der Waals surface area contributed by atoms with Crippen LogP contribution in [0.1, 0.15) is 36.0 Å². The number of carbonyl (C=O) groups is 1. The van der Waals surface area contributed by atoms with Gasteiger partial charge < -0.3 is 4.74 Å². The molecular formula is C27H35N3O4S2. The number of hydrogen-bond donors (Lipinski definition) is 0. The van der Waals surface area contributed by atoms with Crippen LogP contribution in [0.2, 0.25) is 0 Å². The summed E-state index contributed by atoms with van der Waals surface area (Å²) in [7, 11) is -3.43. The summed E-state index contributed by atoms with van der Waals surface area (Å²) in [6.07, 6.45) is 1.26. The zero-order valence-electron chi connectivity index (χ0n) is 21.3. The molecule has 9 heteroatoms. The van der Waals surface area contributed by atoms with Crippen molar-refractivity contribution in [3.8, 4) is 0 Å². The van der Waals surface area contributed by atoms with Crippen LogP contribution in [-0.2, 0) is 19.4 Å². The fraction of sp³-hybridized carbons (Fsp3) is 0.481. The van der Waals surface area contributed by atoms with E-state index in [1.54, 1.807) is 29.2 Å². The summed E-state index contributed by atoms with van der Waals surface area (Å²) in [5.41, 5.74) is 4.24. The summed E-state index contributed by atoms with van der Waals surface area (Å²) in [5, 5.41) is 0.687. The summed E-state index contributed by atoms with van der Waals surface area (Å²) < 4.78 is 32.0. The Labute approximate surface area is 218 Å². The zero-order valence-corrected chi connectivity index (χ0v) is 23.0. The van der Waals surface area contributed by atoms with Crippen LogP contribution in [0, 0.1) is 20.8 Å². The first kappa shape index (κ1) is 26.7. The van der Waals surface area contributed by atoms with Crippen molar-refractivity contribution in [2.45, 2.75) is 44.9 Å². The van der Waals surface area contributed by atoms with Crippen molar-refractivity contribution in [3.63, 3.8) is 0 Å². The van der Waals surface area contributed by atoms with E-state index in [-0.39, 0.29) is 24.5 Å². The van der Waals surface area contributed by atoms with E-state index in [2.05, 4.69) is 30.9 Å². The molecule has 0 bridgehead atoms. The number of sulfone groups is 1. The van der Waals surface area contributed by atoms with Crippen LogP contribution in [-0.4, -0.2) is 69.4 Å². The van der Waals surface area contributed by atoms with Gasteiger partial charge in [-0.1, -0.05) is 35.1 Å². The lowest BCUT2D eigenvalue weighted by atomic mass is 10.1. The van der Waals surface area contributed by atoms with E-state index in [4.69, 9.17) is 9.72 Å². The summed E-state index contributed by atoms with van der Waals surface area (Å²) in [5.74, 6) is -0.133. The predicted octanol–water partition coefficient (Wildman–Crippen LogP) is 4.53. The fourth-order valence-corrected chi connectivity index (χ4v) is 6.73. The van der Waals surface area contributed by atoms with Crippen LogP contribution >= 0.6 is 11.3 Å². The Bertz CT molecular complexity index is 1300. The number of benzene rings is 2. The molecular weight excluding hydrogens is 494 g/mol. The van der Waals surface area contributed by atoms with Gasteiger partial charge in [-0.3, -0.25) is 14.6 Å². The molecule has 2 heterocycles. The van der Waals surface area contributed by atoms with Crippen LogP contribution < -0.4 is 4.90 Å². The third-order valence-electron chi connectivity index (χ3n) is 6.75. The second kappa shape index (κ2) is 11.8. The molecule has 36 heavy (non-hydrogen) atoms. The smallest absolute Gasteiger partial charge is 0.228 e. The van der Waals surface area contributed by atoms with E-state index < -0.39 is 9.84 Å². The largest absolute Gasteiger partial charge is 0.379 e. The van der Waals surface area contributed by atoms with Gasteiger partial charge in [-0.15, -0.1) is 0 Å². The average Bonchev–Trinajstić information content (AvgIpc) is 3.29. The van der Waals surface area contributed by atoms with Gasteiger partial charge in [-0.05, 0) is 62.9 Å². The Morgan fingerprint density at radius 3 is 2.50 bits per heavy atom. The third-order valence-corrected chi connectivity index (χ3v) is 9.61. The first-order valence-electron chi connectivity index (χ1n) is 12.5. The van der Waals surface area contributed by atoms with Gasteiger partial charge in [0.05, 0.1) is 34.1 Å². The molecule has 1 saturated heterocycles. The van der Waals surface area contributed by atoms with Crippen LogP contribution in [0.4, 0.5) is 5.13 Å². The minimum absolute atomic E-state index is 0.0540. The average molecular weight is 530 g/mol. The second-order valence-corrected chi connectivity index (χ2v) is 12.6. The van der Waals surface area contributed by atoms with Gasteiger partial charge in [0, 0.05) is 32.6 Å². The van der Waals surface area contributed by atoms with Crippen LogP contribution in [0.15, 0.2) is 41.3 Å². The lowest BCUT2D eigenvalue weighted by molar-refractivity contribution is -0.118. The van der Waals surface area contributed by atoms with Crippen molar-refractivity contribution in [1.29, 1.82) is 0 Å². The lowest BCUT2D eigenvalue weighted by Gasteiger charge is -2.27. The third kappa shape index (κ3) is 6.51. The van der Waals surface area contributed by atoms with Gasteiger partial charge in [0.15, 0.2) is 15.0 Å². The topological polar surface area (TPSA) is 79.8 Å². The molecule has 4 rings (SSSR count). The lowest BCUT2D eigenvalue weighted by Crippen LogP contribution is -2.39. The zero-order chi connectivity index (χ0) is 25.7. The van der Waals surface area contributed by atoms with E-state index in [0.717, 1.165) is 60.6 Å². The fourth-order valence-electron chi connectivity index (χ4n) is 4.35. The second-order valence-electron chi connectivity index (χ2n) is 9.44. The molecule has 0 saturated carbocycles. The number of anilines is 1. The maximum absolute atomic E-state index is 13.4. The van der Waals surface area contributed by atoms with E-state index in [9.17, 15) is 13.2 Å². The Kier molecular flexibility index (Phi) is 8.77. The molecule has 1 fully saturated rings. The molecule has 0 aliphatic carbocycles. The van der Waals surface area contributed by atoms with Crippen LogP contribution in [0.3, 0.4) is 0 Å². The molecule has 2 aromatic carbocycles. The van der Waals surface area contributed by atoms with Crippen molar-refractivity contribution in [2.24, 2.45) is 0 Å². The molecule has 1 aliphatic heterocycles. The number of aromatic nitrogens is 1. The van der Waals surface area contributed by atoms with Gasteiger partial charge in [0.1, 0.15) is 0 Å². The van der Waals surface area contributed by atoms with Gasteiger partial charge >= 0.3 is 0 Å². The Morgan fingerprint density at radius 2 is 1.78 bits per heavy atom. The normalized spacial score (nSPS) is 14.9. The maximum Gasteiger partial charge on any atom is 0.228 e. The minimum Gasteiger partial charge on any atom is -0.379 e. The molecule has 3 aromatic rings. The minimum atomic E-state index is -3.43. The SMILES string of the molecule is Cc1ccc(S(=O)(=O)CCCC(=O)N(CCCN2CCOCC2)c2nc3c(C)c(C)ccc3s2)cc1. The summed E-state index contributed by atoms with van der Waals surface area (Å²) in [6, 6.07) is 11.0. The van der Waals surface area contributed by atoms with Gasteiger partial charge in [-0.25, -0.2) is 13.4 Å². The summed E-state index contributed by atoms with van der Waals surface area (Å²) >= 11 is 1.52. The number of amides is 1. The monoisotopic (exact) mass is 529 g/mol. The number of hydrogen-bond acceptors (Lipinski definition) is 7. The molecule has 0 atom stereocenters. The van der Waals surface area contributed by atoms with Crippen LogP contribution in [0.25, 0.3) is 10.2 Å². The predicted molar refractivity (Wildman–Crippen MR) is 146 cm³/mol. The number of thiazole rings is 1. The van der Waals surface area contributed by atoms with Crippen molar-refractivity contribution < 1.29 is 17.9 Å². The molecule has 0 unspecified atom stereocenters. The molecule has 0 N–H and O–H groups in total. The molecule has 1 amide bonds. The highest BCUT2D eigenvalue weighted by Gasteiger charge is 2.22. The number of carbonyl (C=O) groups excluding carboxylic acids is 1. The van der Waals surface area contributed by atoms with Gasteiger partial charge in [0.25, 0.3) is 0 Å². The molecule has 1 aromatic heterocycles. The number of ether oxygens (including phenoxy) is 1. The van der Waals surface area contributed by atoms with Crippen molar-refractivity contribution in [2.75, 3.05) is 50.0 Å². The van der Waals surface area contributed by atoms with Crippen molar-refractivity contribution in [3.05, 3.63) is 53.1 Å². The highest BCUT2D eigenvalue weighted by Crippen LogP contribution is 2.32. The number of fused-ring (bicyclic) bond motifs is 1. The van der Waals surface area contributed by atoms with E-state index in [1.807, 2.05) is 6.92 Å². The number of rotatable bonds is 10. The number of aryl methyl sites for hydroxylation is 3. The van der Waals surface area contributed by atoms with E-state index >= 15 is 0 Å². The molecule has 7 nitrogen and oxygen atoms in total. The first-order valence-corrected chi connectivity index (χ1v) is 15.0. The van der Waals surface area contributed by atoms with E-state index in [0.29, 0.717) is 16.6 Å². The highest BCUT2D eigenvalue weighted by molar-refractivity contribution is 7.91. The quantitative estimate of drug-likeness (QED) is 0.384. The molecule has 1 aliphatic rings. The van der Waals surface area contributed by atoms with Gasteiger partial charge in [0.2, 0.25) is 5.91 Å². The van der Waals surface area contributed by atoms with Gasteiger partial charge in [-0.2, -0.15) is 0 Å². The Morgan fingerprint density at radius 1 is 1.06 bits per heavy atom. The standard InChI is InChI=1S/C27H35N3O4S2/c1-20-7-10-23(11-8-20)36(32,33)19-4-6-25(31)30(14-5-13-29-15-17-34-18-16-29)27-28-26-22(3)21(2)9-12-24(26)35-27/h7-12H,4-6,13-19H2,1-3H3. The van der Waals surface area contributed by atoms with Crippen molar-refractivity contribution >= 4 is 42.4 Å². The molecule has 0 radical (unpaired) electrons. The maximum atomic E-state index is 13.4. The number of nitrogens with zero attached hydrogens (tertiary/aromatic N) is 3. The first-order chi connectivity index (χ1) is 17.2. The van der Waals surface area contributed by atoms with Crippen LogP contribution in [0.5, 0.6) is 0 Å². The molecule has 194 valence electrons. The Hall–Kier alpha value is -2.33.